The molecular formula is C20H24O3S. The molecule has 0 aromatic heterocycles. The fourth-order valence-corrected chi connectivity index (χ4v) is 3.63. The first-order valence-corrected chi connectivity index (χ1v) is 9.10. The maximum atomic E-state index is 12.7. The van der Waals surface area contributed by atoms with Crippen LogP contribution in [0.1, 0.15) is 45.1 Å². The van der Waals surface area contributed by atoms with Gasteiger partial charge in [-0.15, -0.1) is 0 Å². The quantitative estimate of drug-likeness (QED) is 0.718. The second-order valence-corrected chi connectivity index (χ2v) is 7.76. The zero-order valence-electron chi connectivity index (χ0n) is 14.3. The van der Waals surface area contributed by atoms with Crippen molar-refractivity contribution < 1.29 is 14.3 Å². The molecule has 128 valence electrons. The summed E-state index contributed by atoms with van der Waals surface area (Å²) in [7, 11) is 0. The van der Waals surface area contributed by atoms with Crippen molar-refractivity contribution >= 4 is 22.8 Å². The summed E-state index contributed by atoms with van der Waals surface area (Å²) >= 11 is 1.02. The highest BCUT2D eigenvalue weighted by atomic mass is 32.2. The Kier molecular flexibility index (Phi) is 6.85. The Hall–Kier alpha value is -1.81. The van der Waals surface area contributed by atoms with Crippen LogP contribution in [0.5, 0.6) is 0 Å². The minimum atomic E-state index is -0.995. The molecule has 0 bridgehead atoms. The molecule has 0 aliphatic heterocycles. The molecule has 0 N–H and O–H groups in total. The van der Waals surface area contributed by atoms with Gasteiger partial charge in [0.15, 0.2) is 5.12 Å². The van der Waals surface area contributed by atoms with E-state index in [9.17, 15) is 9.59 Å². The molecule has 0 spiro atoms. The van der Waals surface area contributed by atoms with Gasteiger partial charge >= 0.3 is 5.97 Å². The van der Waals surface area contributed by atoms with E-state index in [1.165, 1.54) is 6.92 Å². The fourth-order valence-electron chi connectivity index (χ4n) is 2.68. The number of allylic oxidation sites excluding steroid dienone is 3. The number of esters is 1. The standard InChI is InChI=1S/C20H24O3S/c1-16(21)24-20(2,14-17-10-6-3-4-7-11-17)19(22)23-15-18-12-8-5-9-13-18/h5-6,8-10,12-14H,3-4,7,11,15H2,1-2H3/b17-14-/t20-/m0/s1. The SMILES string of the molecule is CC(=O)S[C@@](C)(/C=C1/C=CCCCC1)C(=O)OCc1ccccc1. The first kappa shape index (κ1) is 18.5. The van der Waals surface area contributed by atoms with Crippen molar-refractivity contribution in [3.8, 4) is 0 Å². The van der Waals surface area contributed by atoms with Crippen LogP contribution in [0.15, 0.2) is 54.1 Å². The minimum Gasteiger partial charge on any atom is -0.460 e. The molecule has 0 unspecified atom stereocenters. The highest BCUT2D eigenvalue weighted by Crippen LogP contribution is 2.32. The van der Waals surface area contributed by atoms with Gasteiger partial charge in [-0.2, -0.15) is 0 Å². The molecule has 4 heteroatoms. The van der Waals surface area contributed by atoms with Crippen molar-refractivity contribution in [2.75, 3.05) is 0 Å². The average molecular weight is 344 g/mol. The van der Waals surface area contributed by atoms with Crippen LogP contribution in [0.3, 0.4) is 0 Å². The maximum absolute atomic E-state index is 12.7. The Labute approximate surface area is 148 Å². The second-order valence-electron chi connectivity index (χ2n) is 6.13. The van der Waals surface area contributed by atoms with E-state index >= 15 is 0 Å². The topological polar surface area (TPSA) is 43.4 Å². The maximum Gasteiger partial charge on any atom is 0.326 e. The molecule has 0 amide bonds. The van der Waals surface area contributed by atoms with E-state index in [-0.39, 0.29) is 17.7 Å². The van der Waals surface area contributed by atoms with E-state index < -0.39 is 4.75 Å². The van der Waals surface area contributed by atoms with E-state index in [1.54, 1.807) is 6.92 Å². The molecule has 2 rings (SSSR count). The van der Waals surface area contributed by atoms with Crippen LogP contribution in [0.2, 0.25) is 0 Å². The number of carbonyl (C=O) groups is 2. The van der Waals surface area contributed by atoms with Gasteiger partial charge in [0.05, 0.1) is 0 Å². The number of hydrogen-bond donors (Lipinski definition) is 0. The van der Waals surface area contributed by atoms with Gasteiger partial charge in [0.2, 0.25) is 0 Å². The van der Waals surface area contributed by atoms with E-state index in [4.69, 9.17) is 4.74 Å². The number of hydrogen-bond acceptors (Lipinski definition) is 4. The first-order valence-electron chi connectivity index (χ1n) is 8.28. The number of carbonyl (C=O) groups excluding carboxylic acids is 2. The molecule has 0 saturated carbocycles. The summed E-state index contributed by atoms with van der Waals surface area (Å²) in [5.41, 5.74) is 2.03. The normalized spacial score (nSPS) is 18.7. The molecular weight excluding hydrogens is 320 g/mol. The molecule has 24 heavy (non-hydrogen) atoms. The number of rotatable bonds is 5. The molecule has 1 aromatic carbocycles. The molecule has 0 radical (unpaired) electrons. The summed E-state index contributed by atoms with van der Waals surface area (Å²) in [6.07, 6.45) is 10.3. The van der Waals surface area contributed by atoms with Crippen molar-refractivity contribution in [1.29, 1.82) is 0 Å². The van der Waals surface area contributed by atoms with Gasteiger partial charge in [0.1, 0.15) is 11.4 Å². The summed E-state index contributed by atoms with van der Waals surface area (Å²) in [6.45, 7) is 3.46. The number of ether oxygens (including phenoxy) is 1. The Morgan fingerprint density at radius 1 is 1.25 bits per heavy atom. The number of benzene rings is 1. The van der Waals surface area contributed by atoms with Crippen LogP contribution in [0, 0.1) is 0 Å². The average Bonchev–Trinajstić information content (AvgIpc) is 2.81. The molecule has 1 aliphatic carbocycles. The molecule has 0 saturated heterocycles. The first-order chi connectivity index (χ1) is 11.5. The highest BCUT2D eigenvalue weighted by molar-refractivity contribution is 8.15. The van der Waals surface area contributed by atoms with Crippen molar-refractivity contribution in [1.82, 2.24) is 0 Å². The van der Waals surface area contributed by atoms with Gasteiger partial charge in [-0.25, -0.2) is 0 Å². The van der Waals surface area contributed by atoms with E-state index in [1.807, 2.05) is 36.4 Å². The second kappa shape index (κ2) is 8.88. The minimum absolute atomic E-state index is 0.0939. The van der Waals surface area contributed by atoms with Crippen molar-refractivity contribution in [3.63, 3.8) is 0 Å². The van der Waals surface area contributed by atoms with Gasteiger partial charge in [0, 0.05) is 6.92 Å². The Morgan fingerprint density at radius 3 is 2.71 bits per heavy atom. The van der Waals surface area contributed by atoms with Crippen LogP contribution in [-0.2, 0) is 20.9 Å². The lowest BCUT2D eigenvalue weighted by Crippen LogP contribution is -2.33. The molecule has 3 nitrogen and oxygen atoms in total. The smallest absolute Gasteiger partial charge is 0.326 e. The third kappa shape index (κ3) is 5.68. The van der Waals surface area contributed by atoms with Crippen LogP contribution >= 0.6 is 11.8 Å². The molecule has 0 fully saturated rings. The lowest BCUT2D eigenvalue weighted by Gasteiger charge is -2.23. The molecule has 1 atom stereocenters. The summed E-state index contributed by atoms with van der Waals surface area (Å²) in [5.74, 6) is -0.378. The summed E-state index contributed by atoms with van der Waals surface area (Å²) in [6, 6.07) is 9.56. The third-order valence-electron chi connectivity index (χ3n) is 3.85. The van der Waals surface area contributed by atoms with Crippen molar-refractivity contribution in [2.45, 2.75) is 50.9 Å². The van der Waals surface area contributed by atoms with Crippen molar-refractivity contribution in [2.24, 2.45) is 0 Å². The van der Waals surface area contributed by atoms with Gasteiger partial charge in [-0.05, 0) is 38.2 Å². The van der Waals surface area contributed by atoms with Crippen LogP contribution in [0.25, 0.3) is 0 Å². The Balaban J connectivity index is 2.14. The molecule has 0 heterocycles. The van der Waals surface area contributed by atoms with E-state index in [0.717, 1.165) is 48.6 Å². The molecule has 1 aliphatic rings. The van der Waals surface area contributed by atoms with Crippen molar-refractivity contribution in [3.05, 3.63) is 59.7 Å². The zero-order valence-corrected chi connectivity index (χ0v) is 15.1. The monoisotopic (exact) mass is 344 g/mol. The largest absolute Gasteiger partial charge is 0.460 e. The van der Waals surface area contributed by atoms with E-state index in [2.05, 4.69) is 12.2 Å². The third-order valence-corrected chi connectivity index (χ3v) is 4.85. The Morgan fingerprint density at radius 2 is 2.00 bits per heavy atom. The fraction of sp³-hybridized carbons (Fsp3) is 0.400. The van der Waals surface area contributed by atoms with Gasteiger partial charge < -0.3 is 4.74 Å². The van der Waals surface area contributed by atoms with Gasteiger partial charge in [0.25, 0.3) is 0 Å². The van der Waals surface area contributed by atoms with Gasteiger partial charge in [-0.1, -0.05) is 65.9 Å². The predicted octanol–water partition coefficient (Wildman–Crippen LogP) is 4.82. The van der Waals surface area contributed by atoms with Crippen LogP contribution < -0.4 is 0 Å². The lowest BCUT2D eigenvalue weighted by molar-refractivity contribution is -0.146. The van der Waals surface area contributed by atoms with Crippen LogP contribution in [-0.4, -0.2) is 15.8 Å². The number of thioether (sulfide) groups is 1. The van der Waals surface area contributed by atoms with E-state index in [0.29, 0.717) is 0 Å². The Bertz CT molecular complexity index is 634. The van der Waals surface area contributed by atoms with Crippen LogP contribution in [0.4, 0.5) is 0 Å². The molecule has 1 aromatic rings. The van der Waals surface area contributed by atoms with Gasteiger partial charge in [-0.3, -0.25) is 9.59 Å². The summed E-state index contributed by atoms with van der Waals surface area (Å²) in [4.78, 5) is 24.3. The lowest BCUT2D eigenvalue weighted by atomic mass is 10.0. The predicted molar refractivity (Wildman–Crippen MR) is 98.6 cm³/mol. The summed E-state index contributed by atoms with van der Waals surface area (Å²) < 4.78 is 4.49. The highest BCUT2D eigenvalue weighted by Gasteiger charge is 2.35. The summed E-state index contributed by atoms with van der Waals surface area (Å²) in [5, 5.41) is -0.0939. The zero-order chi connectivity index (χ0) is 17.4.